The topological polar surface area (TPSA) is 49.8 Å². The molecule has 15 heavy (non-hydrogen) atoms. The van der Waals surface area contributed by atoms with Crippen molar-refractivity contribution < 1.29 is 14.6 Å². The van der Waals surface area contributed by atoms with Crippen molar-refractivity contribution in [2.45, 2.75) is 44.9 Å². The van der Waals surface area contributed by atoms with Gasteiger partial charge < -0.3 is 9.84 Å². The van der Waals surface area contributed by atoms with Gasteiger partial charge in [-0.3, -0.25) is 4.90 Å². The maximum atomic E-state index is 11.7. The van der Waals surface area contributed by atoms with E-state index in [1.165, 1.54) is 4.90 Å². The first-order chi connectivity index (χ1) is 6.83. The van der Waals surface area contributed by atoms with Crippen LogP contribution in [-0.2, 0) is 4.74 Å². The maximum absolute atomic E-state index is 11.7. The third kappa shape index (κ3) is 3.14. The number of rotatable bonds is 0. The minimum Gasteiger partial charge on any atom is -0.444 e. The second-order valence-electron chi connectivity index (χ2n) is 4.70. The smallest absolute Gasteiger partial charge is 0.411 e. The van der Waals surface area contributed by atoms with Gasteiger partial charge in [0.25, 0.3) is 0 Å². The number of hydrogen-bond donors (Lipinski definition) is 1. The molecule has 1 rings (SSSR count). The monoisotopic (exact) mass is 211 g/mol. The molecule has 1 heterocycles. The van der Waals surface area contributed by atoms with Crippen LogP contribution in [0.15, 0.2) is 0 Å². The Bertz CT molecular complexity index is 287. The van der Waals surface area contributed by atoms with Crippen LogP contribution >= 0.6 is 0 Å². The lowest BCUT2D eigenvalue weighted by atomic mass is 10.2. The van der Waals surface area contributed by atoms with Gasteiger partial charge in [-0.05, 0) is 20.8 Å². The van der Waals surface area contributed by atoms with Crippen LogP contribution in [0.2, 0.25) is 0 Å². The fourth-order valence-corrected chi connectivity index (χ4v) is 1.49. The van der Waals surface area contributed by atoms with E-state index >= 15 is 0 Å². The minimum atomic E-state index is -0.543. The van der Waals surface area contributed by atoms with Crippen molar-refractivity contribution in [1.29, 1.82) is 0 Å². The van der Waals surface area contributed by atoms with E-state index in [0.29, 0.717) is 6.42 Å². The van der Waals surface area contributed by atoms with Crippen LogP contribution in [0, 0.1) is 12.3 Å². The Morgan fingerprint density at radius 3 is 2.67 bits per heavy atom. The summed E-state index contributed by atoms with van der Waals surface area (Å²) in [6.45, 7) is 5.64. The molecule has 1 N–H and O–H groups in total. The molecule has 0 aliphatic carbocycles. The lowest BCUT2D eigenvalue weighted by Gasteiger charge is -2.26. The summed E-state index contributed by atoms with van der Waals surface area (Å²) in [5.74, 6) is 2.48. The quantitative estimate of drug-likeness (QED) is 0.608. The van der Waals surface area contributed by atoms with Gasteiger partial charge in [-0.1, -0.05) is 5.92 Å². The Morgan fingerprint density at radius 2 is 2.20 bits per heavy atom. The zero-order valence-corrected chi connectivity index (χ0v) is 9.36. The first-order valence-electron chi connectivity index (χ1n) is 4.97. The lowest BCUT2D eigenvalue weighted by Crippen LogP contribution is -2.39. The highest BCUT2D eigenvalue weighted by Crippen LogP contribution is 2.20. The first kappa shape index (κ1) is 11.9. The highest BCUT2D eigenvalue weighted by Gasteiger charge is 2.35. The summed E-state index contributed by atoms with van der Waals surface area (Å²) >= 11 is 0. The average molecular weight is 211 g/mol. The average Bonchev–Trinajstić information content (AvgIpc) is 2.43. The third-order valence-corrected chi connectivity index (χ3v) is 2.10. The number of terminal acetylenes is 1. The van der Waals surface area contributed by atoms with Gasteiger partial charge in [0.1, 0.15) is 5.60 Å². The van der Waals surface area contributed by atoms with Gasteiger partial charge in [0.2, 0.25) is 0 Å². The molecule has 1 aliphatic rings. The van der Waals surface area contributed by atoms with Crippen LogP contribution in [0.3, 0.4) is 0 Å². The normalized spacial score (nSPS) is 26.2. The van der Waals surface area contributed by atoms with E-state index in [-0.39, 0.29) is 12.6 Å². The van der Waals surface area contributed by atoms with Crippen LogP contribution in [-0.4, -0.2) is 40.4 Å². The number of hydrogen-bond acceptors (Lipinski definition) is 3. The van der Waals surface area contributed by atoms with E-state index in [1.807, 2.05) is 0 Å². The Labute approximate surface area is 90.2 Å². The number of carbonyl (C=O) groups excluding carboxylic acids is 1. The molecule has 0 saturated carbocycles. The van der Waals surface area contributed by atoms with E-state index < -0.39 is 17.8 Å². The first-order valence-corrected chi connectivity index (χ1v) is 4.97. The van der Waals surface area contributed by atoms with E-state index in [0.717, 1.165) is 0 Å². The number of nitrogens with zero attached hydrogens (tertiary/aromatic N) is 1. The van der Waals surface area contributed by atoms with Crippen LogP contribution in [0.4, 0.5) is 4.79 Å². The van der Waals surface area contributed by atoms with Gasteiger partial charge in [0.05, 0.1) is 18.7 Å². The molecule has 0 radical (unpaired) electrons. The fourth-order valence-electron chi connectivity index (χ4n) is 1.49. The van der Waals surface area contributed by atoms with Crippen LogP contribution in [0.5, 0.6) is 0 Å². The van der Waals surface area contributed by atoms with Gasteiger partial charge in [-0.25, -0.2) is 4.79 Å². The van der Waals surface area contributed by atoms with Gasteiger partial charge >= 0.3 is 6.09 Å². The van der Waals surface area contributed by atoms with Crippen molar-refractivity contribution in [2.75, 3.05) is 6.54 Å². The molecular weight excluding hydrogens is 194 g/mol. The number of aliphatic hydroxyl groups excluding tert-OH is 1. The SMILES string of the molecule is C#CC1CC(O)CN1C(=O)OC(C)(C)C. The summed E-state index contributed by atoms with van der Waals surface area (Å²) < 4.78 is 5.18. The predicted octanol–water partition coefficient (Wildman–Crippen LogP) is 0.990. The third-order valence-electron chi connectivity index (χ3n) is 2.10. The highest BCUT2D eigenvalue weighted by atomic mass is 16.6. The van der Waals surface area contributed by atoms with Crippen molar-refractivity contribution in [3.05, 3.63) is 0 Å². The number of carbonyl (C=O) groups is 1. The molecule has 0 spiro atoms. The molecule has 2 atom stereocenters. The Morgan fingerprint density at radius 1 is 1.60 bits per heavy atom. The molecule has 0 aromatic carbocycles. The largest absolute Gasteiger partial charge is 0.444 e. The van der Waals surface area contributed by atoms with Gasteiger partial charge in [0.15, 0.2) is 0 Å². The Balaban J connectivity index is 2.64. The molecule has 0 aromatic heterocycles. The number of ether oxygens (including phenoxy) is 1. The van der Waals surface area contributed by atoms with Gasteiger partial charge in [-0.2, -0.15) is 0 Å². The number of amides is 1. The molecule has 1 saturated heterocycles. The maximum Gasteiger partial charge on any atom is 0.411 e. The molecular formula is C11H17NO3. The summed E-state index contributed by atoms with van der Waals surface area (Å²) in [4.78, 5) is 13.1. The summed E-state index contributed by atoms with van der Waals surface area (Å²) in [6.07, 6.45) is 4.70. The molecule has 1 fully saturated rings. The number of β-amino-alcohol motifs (C(OH)–C–C–N with tert-alkyl or cyclic N) is 1. The lowest BCUT2D eigenvalue weighted by molar-refractivity contribution is 0.0239. The summed E-state index contributed by atoms with van der Waals surface area (Å²) in [5, 5.41) is 9.40. The van der Waals surface area contributed by atoms with E-state index in [2.05, 4.69) is 5.92 Å². The second-order valence-corrected chi connectivity index (χ2v) is 4.70. The molecule has 1 amide bonds. The van der Waals surface area contributed by atoms with Crippen molar-refractivity contribution in [1.82, 2.24) is 4.90 Å². The molecule has 0 bridgehead atoms. The zero-order valence-electron chi connectivity index (χ0n) is 9.36. The Hall–Kier alpha value is -1.21. The predicted molar refractivity (Wildman–Crippen MR) is 56.2 cm³/mol. The minimum absolute atomic E-state index is 0.254. The Kier molecular flexibility index (Phi) is 3.25. The van der Waals surface area contributed by atoms with Gasteiger partial charge in [0, 0.05) is 6.42 Å². The zero-order chi connectivity index (χ0) is 11.6. The van der Waals surface area contributed by atoms with Crippen LogP contribution in [0.1, 0.15) is 27.2 Å². The van der Waals surface area contributed by atoms with E-state index in [4.69, 9.17) is 11.2 Å². The molecule has 84 valence electrons. The van der Waals surface area contributed by atoms with E-state index in [9.17, 15) is 9.90 Å². The molecule has 4 nitrogen and oxygen atoms in total. The number of aliphatic hydroxyl groups is 1. The molecule has 4 heteroatoms. The summed E-state index contributed by atoms with van der Waals surface area (Å²) in [6, 6.07) is -0.352. The summed E-state index contributed by atoms with van der Waals surface area (Å²) in [5.41, 5.74) is -0.538. The summed E-state index contributed by atoms with van der Waals surface area (Å²) in [7, 11) is 0. The van der Waals surface area contributed by atoms with E-state index in [1.54, 1.807) is 20.8 Å². The van der Waals surface area contributed by atoms with Crippen LogP contribution < -0.4 is 0 Å². The molecule has 1 aliphatic heterocycles. The second kappa shape index (κ2) is 4.11. The van der Waals surface area contributed by atoms with Crippen molar-refractivity contribution in [3.63, 3.8) is 0 Å². The van der Waals surface area contributed by atoms with Crippen molar-refractivity contribution in [2.24, 2.45) is 0 Å². The van der Waals surface area contributed by atoms with Crippen LogP contribution in [0.25, 0.3) is 0 Å². The highest BCUT2D eigenvalue weighted by molar-refractivity contribution is 5.69. The number of likely N-dealkylation sites (tertiary alicyclic amines) is 1. The van der Waals surface area contributed by atoms with Crippen molar-refractivity contribution >= 4 is 6.09 Å². The molecule has 0 aromatic rings. The fraction of sp³-hybridized carbons (Fsp3) is 0.727. The standard InChI is InChI=1S/C11H17NO3/c1-5-8-6-9(13)7-12(8)10(14)15-11(2,3)4/h1,8-9,13H,6-7H2,2-4H3. The van der Waals surface area contributed by atoms with Crippen molar-refractivity contribution in [3.8, 4) is 12.3 Å². The molecule has 2 unspecified atom stereocenters. The van der Waals surface area contributed by atoms with Gasteiger partial charge in [-0.15, -0.1) is 6.42 Å².